The molecule has 112 valence electrons. The SMILES string of the molecule is COc1cc2nc(N3CC[C@@H](O)C3)nc(N)c2cc1OC. The van der Waals surface area contributed by atoms with E-state index in [-0.39, 0.29) is 6.10 Å². The molecule has 2 aromatic rings. The molecule has 0 saturated carbocycles. The molecule has 0 aliphatic carbocycles. The molecule has 0 bridgehead atoms. The Morgan fingerprint density at radius 1 is 1.24 bits per heavy atom. The fraction of sp³-hybridized carbons (Fsp3) is 0.429. The minimum atomic E-state index is -0.337. The molecule has 7 heteroatoms. The van der Waals surface area contributed by atoms with Crippen molar-refractivity contribution in [3.05, 3.63) is 12.1 Å². The second-order valence-electron chi connectivity index (χ2n) is 5.02. The standard InChI is InChI=1S/C14H18N4O3/c1-20-11-5-9-10(6-12(11)21-2)16-14(17-13(9)15)18-4-3-8(19)7-18/h5-6,8,19H,3-4,7H2,1-2H3,(H2,15,16,17)/t8-/m1/s1. The highest BCUT2D eigenvalue weighted by molar-refractivity contribution is 5.91. The predicted molar refractivity (Wildman–Crippen MR) is 79.9 cm³/mol. The van der Waals surface area contributed by atoms with Crippen molar-refractivity contribution in [2.45, 2.75) is 12.5 Å². The third-order valence-electron chi connectivity index (χ3n) is 3.66. The lowest BCUT2D eigenvalue weighted by atomic mass is 10.2. The summed E-state index contributed by atoms with van der Waals surface area (Å²) in [6, 6.07) is 3.55. The van der Waals surface area contributed by atoms with Gasteiger partial charge in [-0.2, -0.15) is 4.98 Å². The minimum Gasteiger partial charge on any atom is -0.493 e. The quantitative estimate of drug-likeness (QED) is 0.863. The highest BCUT2D eigenvalue weighted by atomic mass is 16.5. The van der Waals surface area contributed by atoms with Crippen molar-refractivity contribution in [2.75, 3.05) is 37.9 Å². The number of aromatic nitrogens is 2. The summed E-state index contributed by atoms with van der Waals surface area (Å²) >= 11 is 0. The van der Waals surface area contributed by atoms with Crippen LogP contribution >= 0.6 is 0 Å². The van der Waals surface area contributed by atoms with Gasteiger partial charge in [0.1, 0.15) is 5.82 Å². The van der Waals surface area contributed by atoms with Gasteiger partial charge in [0.05, 0.1) is 25.8 Å². The number of aliphatic hydroxyl groups is 1. The van der Waals surface area contributed by atoms with Crippen LogP contribution < -0.4 is 20.1 Å². The Morgan fingerprint density at radius 2 is 1.95 bits per heavy atom. The van der Waals surface area contributed by atoms with E-state index in [1.807, 2.05) is 4.90 Å². The zero-order valence-corrected chi connectivity index (χ0v) is 12.0. The number of fused-ring (bicyclic) bond motifs is 1. The third-order valence-corrected chi connectivity index (χ3v) is 3.66. The lowest BCUT2D eigenvalue weighted by Crippen LogP contribution is -2.23. The van der Waals surface area contributed by atoms with E-state index in [2.05, 4.69) is 9.97 Å². The summed E-state index contributed by atoms with van der Waals surface area (Å²) in [4.78, 5) is 10.8. The van der Waals surface area contributed by atoms with Crippen LogP contribution in [0.3, 0.4) is 0 Å². The Hall–Kier alpha value is -2.28. The van der Waals surface area contributed by atoms with Crippen LogP contribution in [0, 0.1) is 0 Å². The number of hydrogen-bond donors (Lipinski definition) is 2. The Balaban J connectivity index is 2.10. The highest BCUT2D eigenvalue weighted by Crippen LogP contribution is 2.34. The van der Waals surface area contributed by atoms with E-state index in [4.69, 9.17) is 15.2 Å². The van der Waals surface area contributed by atoms with Gasteiger partial charge in [0.15, 0.2) is 11.5 Å². The summed E-state index contributed by atoms with van der Waals surface area (Å²) in [7, 11) is 3.15. The summed E-state index contributed by atoms with van der Waals surface area (Å²) in [6.45, 7) is 1.25. The van der Waals surface area contributed by atoms with E-state index in [0.717, 1.165) is 11.9 Å². The molecule has 0 spiro atoms. The van der Waals surface area contributed by atoms with E-state index in [1.165, 1.54) is 0 Å². The van der Waals surface area contributed by atoms with E-state index in [1.54, 1.807) is 26.4 Å². The molecule has 21 heavy (non-hydrogen) atoms. The minimum absolute atomic E-state index is 0.337. The highest BCUT2D eigenvalue weighted by Gasteiger charge is 2.23. The van der Waals surface area contributed by atoms with Gasteiger partial charge in [0, 0.05) is 24.5 Å². The Kier molecular flexibility index (Phi) is 3.42. The van der Waals surface area contributed by atoms with Crippen molar-refractivity contribution >= 4 is 22.7 Å². The molecular formula is C14H18N4O3. The Labute approximate surface area is 122 Å². The van der Waals surface area contributed by atoms with Crippen LogP contribution in [0.15, 0.2) is 12.1 Å². The van der Waals surface area contributed by atoms with Crippen molar-refractivity contribution in [3.8, 4) is 11.5 Å². The van der Waals surface area contributed by atoms with Gasteiger partial charge in [-0.15, -0.1) is 0 Å². The van der Waals surface area contributed by atoms with Crippen molar-refractivity contribution in [1.29, 1.82) is 0 Å². The molecule has 0 radical (unpaired) electrons. The Bertz CT molecular complexity index is 677. The maximum absolute atomic E-state index is 9.63. The van der Waals surface area contributed by atoms with Gasteiger partial charge in [-0.3, -0.25) is 0 Å². The maximum Gasteiger partial charge on any atom is 0.227 e. The first-order chi connectivity index (χ1) is 10.1. The van der Waals surface area contributed by atoms with Crippen molar-refractivity contribution in [1.82, 2.24) is 9.97 Å². The fourth-order valence-corrected chi connectivity index (χ4v) is 2.53. The first kappa shape index (κ1) is 13.7. The molecule has 7 nitrogen and oxygen atoms in total. The average Bonchev–Trinajstić information content (AvgIpc) is 2.92. The molecule has 1 aliphatic heterocycles. The van der Waals surface area contributed by atoms with Gasteiger partial charge in [-0.1, -0.05) is 0 Å². The number of ether oxygens (including phenoxy) is 2. The third kappa shape index (κ3) is 2.40. The molecule has 1 fully saturated rings. The zero-order chi connectivity index (χ0) is 15.0. The summed E-state index contributed by atoms with van der Waals surface area (Å²) in [5.41, 5.74) is 6.73. The number of benzene rings is 1. The number of aliphatic hydroxyl groups excluding tert-OH is 1. The fourth-order valence-electron chi connectivity index (χ4n) is 2.53. The zero-order valence-electron chi connectivity index (χ0n) is 12.0. The van der Waals surface area contributed by atoms with Gasteiger partial charge in [0.2, 0.25) is 5.95 Å². The number of hydrogen-bond acceptors (Lipinski definition) is 7. The first-order valence-corrected chi connectivity index (χ1v) is 6.74. The molecule has 0 amide bonds. The van der Waals surface area contributed by atoms with Gasteiger partial charge in [0.25, 0.3) is 0 Å². The molecule has 0 unspecified atom stereocenters. The van der Waals surface area contributed by atoms with E-state index in [0.29, 0.717) is 41.7 Å². The molecule has 1 aliphatic rings. The normalized spacial score (nSPS) is 18.2. The van der Waals surface area contributed by atoms with Crippen LogP contribution in [-0.4, -0.2) is 48.5 Å². The summed E-state index contributed by atoms with van der Waals surface area (Å²) < 4.78 is 10.6. The number of anilines is 2. The second-order valence-corrected chi connectivity index (χ2v) is 5.02. The van der Waals surface area contributed by atoms with Crippen LogP contribution in [-0.2, 0) is 0 Å². The largest absolute Gasteiger partial charge is 0.493 e. The number of methoxy groups -OCH3 is 2. The number of nitrogens with two attached hydrogens (primary N) is 1. The second kappa shape index (κ2) is 5.25. The van der Waals surface area contributed by atoms with Crippen LogP contribution in [0.2, 0.25) is 0 Å². The number of nitrogens with zero attached hydrogens (tertiary/aromatic N) is 3. The lowest BCUT2D eigenvalue weighted by Gasteiger charge is -2.17. The van der Waals surface area contributed by atoms with E-state index >= 15 is 0 Å². The maximum atomic E-state index is 9.63. The molecular weight excluding hydrogens is 272 g/mol. The summed E-state index contributed by atoms with van der Waals surface area (Å²) in [6.07, 6.45) is 0.378. The van der Waals surface area contributed by atoms with Crippen LogP contribution in [0.4, 0.5) is 11.8 Å². The van der Waals surface area contributed by atoms with E-state index in [9.17, 15) is 5.11 Å². The summed E-state index contributed by atoms with van der Waals surface area (Å²) in [5.74, 6) is 2.10. The number of rotatable bonds is 3. The topological polar surface area (TPSA) is 93.7 Å². The summed E-state index contributed by atoms with van der Waals surface area (Å²) in [5, 5.41) is 10.3. The Morgan fingerprint density at radius 3 is 2.57 bits per heavy atom. The lowest BCUT2D eigenvalue weighted by molar-refractivity contribution is 0.198. The van der Waals surface area contributed by atoms with Gasteiger partial charge in [-0.25, -0.2) is 4.98 Å². The van der Waals surface area contributed by atoms with Crippen LogP contribution in [0.25, 0.3) is 10.9 Å². The van der Waals surface area contributed by atoms with E-state index < -0.39 is 0 Å². The van der Waals surface area contributed by atoms with Crippen molar-refractivity contribution in [3.63, 3.8) is 0 Å². The number of β-amino-alcohol motifs (C(OH)–C–C–N with tert-alkyl or cyclic N) is 1. The molecule has 1 saturated heterocycles. The molecule has 1 aromatic carbocycles. The van der Waals surface area contributed by atoms with Gasteiger partial charge < -0.3 is 25.2 Å². The monoisotopic (exact) mass is 290 g/mol. The van der Waals surface area contributed by atoms with Crippen molar-refractivity contribution in [2.24, 2.45) is 0 Å². The van der Waals surface area contributed by atoms with Gasteiger partial charge in [-0.05, 0) is 12.5 Å². The molecule has 1 aromatic heterocycles. The molecule has 3 N–H and O–H groups in total. The average molecular weight is 290 g/mol. The smallest absolute Gasteiger partial charge is 0.227 e. The first-order valence-electron chi connectivity index (χ1n) is 6.74. The molecule has 2 heterocycles. The van der Waals surface area contributed by atoms with Crippen LogP contribution in [0.5, 0.6) is 11.5 Å². The number of nitrogen functional groups attached to an aromatic ring is 1. The van der Waals surface area contributed by atoms with Crippen molar-refractivity contribution < 1.29 is 14.6 Å². The molecule has 3 rings (SSSR count). The van der Waals surface area contributed by atoms with Gasteiger partial charge >= 0.3 is 0 Å². The predicted octanol–water partition coefficient (Wildman–Crippen LogP) is 0.800. The molecule has 1 atom stereocenters. The van der Waals surface area contributed by atoms with Crippen LogP contribution in [0.1, 0.15) is 6.42 Å².